The number of benzene rings is 1. The van der Waals surface area contributed by atoms with Crippen LogP contribution in [0.25, 0.3) is 10.9 Å². The van der Waals surface area contributed by atoms with Gasteiger partial charge in [0.2, 0.25) is 0 Å². The molecule has 19 heavy (non-hydrogen) atoms. The summed E-state index contributed by atoms with van der Waals surface area (Å²) < 4.78 is 1.49. The molecule has 0 saturated heterocycles. The van der Waals surface area contributed by atoms with Gasteiger partial charge in [-0.05, 0) is 18.6 Å². The molecule has 0 unspecified atom stereocenters. The molecule has 2 rings (SSSR count). The average molecular weight is 261 g/mol. The maximum atomic E-state index is 11.9. The molecule has 0 aliphatic rings. The number of fused-ring (bicyclic) bond motifs is 1. The van der Waals surface area contributed by atoms with Crippen LogP contribution in [0, 0.1) is 0 Å². The normalized spacial score (nSPS) is 10.5. The molecular weight excluding hydrogens is 246 g/mol. The molecule has 0 aliphatic heterocycles. The Bertz CT molecular complexity index is 664. The summed E-state index contributed by atoms with van der Waals surface area (Å²) in [5.74, 6) is -0.276. The van der Waals surface area contributed by atoms with Gasteiger partial charge in [-0.3, -0.25) is 4.79 Å². The highest BCUT2D eigenvalue weighted by Gasteiger charge is 2.07. The fraction of sp³-hybridized carbons (Fsp3) is 0.231. The Morgan fingerprint density at radius 3 is 2.84 bits per heavy atom. The lowest BCUT2D eigenvalue weighted by Crippen LogP contribution is -2.31. The first-order valence-electron chi connectivity index (χ1n) is 5.94. The van der Waals surface area contributed by atoms with Crippen molar-refractivity contribution in [1.29, 1.82) is 0 Å². The number of carbonyl (C=O) groups excluding carboxylic acids is 1. The van der Waals surface area contributed by atoms with Crippen molar-refractivity contribution in [2.45, 2.75) is 13.0 Å². The zero-order valence-electron chi connectivity index (χ0n) is 10.3. The Morgan fingerprint density at radius 2 is 2.11 bits per heavy atom. The van der Waals surface area contributed by atoms with Crippen LogP contribution in [0.5, 0.6) is 5.75 Å². The molecular formula is C13H15N3O3. The van der Waals surface area contributed by atoms with Gasteiger partial charge in [-0.2, -0.15) is 0 Å². The molecule has 0 bridgehead atoms. The molecule has 2 amide bonds. The molecule has 0 aliphatic carbocycles. The number of nitrogens with two attached hydrogens (primary N) is 1. The molecule has 1 aromatic carbocycles. The third-order valence-electron chi connectivity index (χ3n) is 2.84. The zero-order valence-corrected chi connectivity index (χ0v) is 10.3. The van der Waals surface area contributed by atoms with Crippen molar-refractivity contribution in [3.63, 3.8) is 0 Å². The van der Waals surface area contributed by atoms with Gasteiger partial charge in [0.25, 0.3) is 5.56 Å². The number of aromatic hydroxyl groups is 1. The number of nitrogens with zero attached hydrogens (tertiary/aromatic N) is 1. The summed E-state index contributed by atoms with van der Waals surface area (Å²) in [5.41, 5.74) is 5.28. The number of primary amides is 1. The Morgan fingerprint density at radius 1 is 1.37 bits per heavy atom. The average Bonchev–Trinajstić information content (AvgIpc) is 2.38. The standard InChI is InChI=1S/C13H15N3O3/c14-13(19)15-6-3-7-16-10-5-2-1-4-9(10)8-11(17)12(16)18/h1-2,4-5,8,17H,3,6-7H2,(H3,14,15,19). The molecule has 6 nitrogen and oxygen atoms in total. The van der Waals surface area contributed by atoms with E-state index in [2.05, 4.69) is 5.32 Å². The number of aryl methyl sites for hydroxylation is 1. The van der Waals surface area contributed by atoms with Gasteiger partial charge >= 0.3 is 6.03 Å². The molecule has 1 aromatic heterocycles. The minimum Gasteiger partial charge on any atom is -0.503 e. The highest BCUT2D eigenvalue weighted by atomic mass is 16.3. The molecule has 0 atom stereocenters. The number of rotatable bonds is 4. The van der Waals surface area contributed by atoms with Gasteiger partial charge in [-0.1, -0.05) is 18.2 Å². The van der Waals surface area contributed by atoms with Gasteiger partial charge in [-0.25, -0.2) is 4.79 Å². The molecule has 2 aromatic rings. The van der Waals surface area contributed by atoms with Crippen LogP contribution in [0.3, 0.4) is 0 Å². The minimum atomic E-state index is -0.590. The lowest BCUT2D eigenvalue weighted by molar-refractivity contribution is 0.248. The smallest absolute Gasteiger partial charge is 0.312 e. The zero-order chi connectivity index (χ0) is 13.8. The van der Waals surface area contributed by atoms with Crippen molar-refractivity contribution in [3.8, 4) is 5.75 Å². The van der Waals surface area contributed by atoms with Crippen LogP contribution in [0.15, 0.2) is 35.1 Å². The first kappa shape index (κ1) is 12.9. The first-order valence-corrected chi connectivity index (χ1v) is 5.94. The van der Waals surface area contributed by atoms with Crippen LogP contribution in [0.1, 0.15) is 6.42 Å². The van der Waals surface area contributed by atoms with E-state index in [1.165, 1.54) is 10.6 Å². The van der Waals surface area contributed by atoms with Crippen molar-refractivity contribution < 1.29 is 9.90 Å². The number of aromatic nitrogens is 1. The van der Waals surface area contributed by atoms with E-state index in [-0.39, 0.29) is 5.75 Å². The van der Waals surface area contributed by atoms with Crippen molar-refractivity contribution >= 4 is 16.9 Å². The molecule has 0 radical (unpaired) electrons. The van der Waals surface area contributed by atoms with Crippen LogP contribution in [-0.2, 0) is 6.54 Å². The number of carbonyl (C=O) groups is 1. The second-order valence-electron chi connectivity index (χ2n) is 4.19. The summed E-state index contributed by atoms with van der Waals surface area (Å²) in [6, 6.07) is 8.18. The van der Waals surface area contributed by atoms with E-state index in [4.69, 9.17) is 5.73 Å². The van der Waals surface area contributed by atoms with E-state index >= 15 is 0 Å². The van der Waals surface area contributed by atoms with Gasteiger partial charge in [0.15, 0.2) is 5.75 Å². The molecule has 100 valence electrons. The third kappa shape index (κ3) is 2.85. The SMILES string of the molecule is NC(=O)NCCCn1c(=O)c(O)cc2ccccc21. The van der Waals surface area contributed by atoms with E-state index in [1.807, 2.05) is 24.3 Å². The summed E-state index contributed by atoms with van der Waals surface area (Å²) in [7, 11) is 0. The van der Waals surface area contributed by atoms with Gasteiger partial charge in [0.1, 0.15) is 0 Å². The van der Waals surface area contributed by atoms with Crippen LogP contribution in [0.4, 0.5) is 4.79 Å². The summed E-state index contributed by atoms with van der Waals surface area (Å²) in [4.78, 5) is 22.5. The van der Waals surface area contributed by atoms with Crippen molar-refractivity contribution in [2.24, 2.45) is 5.73 Å². The van der Waals surface area contributed by atoms with Crippen LogP contribution < -0.4 is 16.6 Å². The number of nitrogens with one attached hydrogen (secondary N) is 1. The Balaban J connectivity index is 2.28. The van der Waals surface area contributed by atoms with E-state index in [0.29, 0.717) is 19.5 Å². The highest BCUT2D eigenvalue weighted by molar-refractivity contribution is 5.80. The summed E-state index contributed by atoms with van der Waals surface area (Å²) in [6.45, 7) is 0.778. The molecule has 0 fully saturated rings. The van der Waals surface area contributed by atoms with E-state index < -0.39 is 11.6 Å². The van der Waals surface area contributed by atoms with Crippen molar-refractivity contribution in [1.82, 2.24) is 9.88 Å². The second-order valence-corrected chi connectivity index (χ2v) is 4.19. The number of hydrogen-bond acceptors (Lipinski definition) is 3. The maximum absolute atomic E-state index is 11.9. The minimum absolute atomic E-state index is 0.276. The fourth-order valence-electron chi connectivity index (χ4n) is 1.98. The fourth-order valence-corrected chi connectivity index (χ4v) is 1.98. The predicted octanol–water partition coefficient (Wildman–Crippen LogP) is 0.765. The van der Waals surface area contributed by atoms with Gasteiger partial charge < -0.3 is 20.7 Å². The lowest BCUT2D eigenvalue weighted by atomic mass is 10.2. The van der Waals surface area contributed by atoms with E-state index in [1.54, 1.807) is 0 Å². The van der Waals surface area contributed by atoms with Crippen molar-refractivity contribution in [2.75, 3.05) is 6.54 Å². The van der Waals surface area contributed by atoms with Gasteiger partial charge in [0.05, 0.1) is 5.52 Å². The lowest BCUT2D eigenvalue weighted by Gasteiger charge is -2.11. The van der Waals surface area contributed by atoms with Crippen LogP contribution >= 0.6 is 0 Å². The van der Waals surface area contributed by atoms with Gasteiger partial charge in [0, 0.05) is 18.5 Å². The first-order chi connectivity index (χ1) is 9.09. The monoisotopic (exact) mass is 261 g/mol. The van der Waals surface area contributed by atoms with E-state index in [9.17, 15) is 14.7 Å². The topological polar surface area (TPSA) is 97.4 Å². The summed E-state index contributed by atoms with van der Waals surface area (Å²) >= 11 is 0. The predicted molar refractivity (Wildman–Crippen MR) is 72.1 cm³/mol. The maximum Gasteiger partial charge on any atom is 0.312 e. The van der Waals surface area contributed by atoms with Crippen molar-refractivity contribution in [3.05, 3.63) is 40.7 Å². The largest absolute Gasteiger partial charge is 0.503 e. The number of amides is 2. The Kier molecular flexibility index (Phi) is 3.70. The third-order valence-corrected chi connectivity index (χ3v) is 2.84. The Labute approximate surface area is 109 Å². The van der Waals surface area contributed by atoms with Gasteiger partial charge in [-0.15, -0.1) is 0 Å². The molecule has 4 N–H and O–H groups in total. The molecule has 0 saturated carbocycles. The summed E-state index contributed by atoms with van der Waals surface area (Å²) in [6.07, 6.45) is 0.552. The Hall–Kier alpha value is -2.50. The second kappa shape index (κ2) is 5.43. The van der Waals surface area contributed by atoms with E-state index in [0.717, 1.165) is 10.9 Å². The highest BCUT2D eigenvalue weighted by Crippen LogP contribution is 2.16. The quantitative estimate of drug-likeness (QED) is 0.709. The number of urea groups is 1. The summed E-state index contributed by atoms with van der Waals surface area (Å²) in [5, 5.41) is 12.9. The molecule has 1 heterocycles. The number of pyridine rings is 1. The number of hydrogen-bond donors (Lipinski definition) is 3. The van der Waals surface area contributed by atoms with Crippen LogP contribution in [0.2, 0.25) is 0 Å². The number of para-hydroxylation sites is 1. The molecule has 0 spiro atoms. The van der Waals surface area contributed by atoms with Crippen LogP contribution in [-0.4, -0.2) is 22.2 Å². The molecule has 6 heteroatoms.